The molecule has 4 fully saturated rings. The maximum atomic E-state index is 12.7. The van der Waals surface area contributed by atoms with Crippen molar-refractivity contribution in [2.75, 3.05) is 32.7 Å². The third-order valence-electron chi connectivity index (χ3n) is 12.1. The minimum atomic E-state index is -1.10. The van der Waals surface area contributed by atoms with E-state index in [-0.39, 0.29) is 52.4 Å². The first kappa shape index (κ1) is 57.8. The second-order valence-electron chi connectivity index (χ2n) is 22.9. The van der Waals surface area contributed by atoms with Crippen LogP contribution in [-0.2, 0) is 33.3 Å². The molecule has 394 valence electrons. The maximum Gasteiger partial charge on any atom is 0.437 e. The van der Waals surface area contributed by atoms with E-state index in [2.05, 4.69) is 25.5 Å². The second kappa shape index (κ2) is 23.6. The van der Waals surface area contributed by atoms with Crippen molar-refractivity contribution in [1.29, 1.82) is 0 Å². The molecule has 4 heterocycles. The van der Waals surface area contributed by atoms with E-state index in [0.29, 0.717) is 44.7 Å². The predicted octanol–water partition coefficient (Wildman–Crippen LogP) is 7.33. The first-order chi connectivity index (χ1) is 32.2. The molecule has 4 aliphatic heterocycles. The number of hydrogen-bond donors (Lipinski definition) is 4. The van der Waals surface area contributed by atoms with Gasteiger partial charge in [0, 0.05) is 54.1 Å². The minimum absolute atomic E-state index is 0.0283. The van der Waals surface area contributed by atoms with Crippen LogP contribution in [0.15, 0.2) is 20.6 Å². The molecular formula is C49H79N7O13S. The summed E-state index contributed by atoms with van der Waals surface area (Å²) in [5.74, 6) is -1.43. The van der Waals surface area contributed by atoms with Crippen LogP contribution in [0, 0.1) is 29.6 Å². The number of aliphatic hydroxyl groups is 1. The summed E-state index contributed by atoms with van der Waals surface area (Å²) in [4.78, 5) is 99.4. The van der Waals surface area contributed by atoms with E-state index < -0.39 is 64.8 Å². The molecular weight excluding hydrogens is 927 g/mol. The van der Waals surface area contributed by atoms with Crippen LogP contribution in [0.5, 0.6) is 0 Å². The standard InChI is InChI=1S/C31H49N5O8S.C18H30N2O5/c1-17-22-21(18(2)37)25(38)36(22)23(26(39)40)24(17)45-20-11-12-34(16-20)15-19-9-13-35(14-10-19)27(32-28(41)43-30(3,4)5)33-29(42)44-31(6,7)8;1-17(2,3)24-15(22)19-14(20-16(23)25-18(4,5)6)13-9-7-12(11-21)8-10-13/h17-22,37H,9-16H2,1-8H3,(H,39,40)(H,32,33,41,42);11-13H,7-10H2,1-6H3,(H,19,20,22,23)/t17-,18-,20-,21-,22-;/m1./s1. The number of amidine groups is 1. The molecule has 20 nitrogen and oxygen atoms in total. The third kappa shape index (κ3) is 17.5. The molecule has 1 saturated carbocycles. The van der Waals surface area contributed by atoms with Crippen molar-refractivity contribution in [1.82, 2.24) is 25.3 Å². The minimum Gasteiger partial charge on any atom is -0.477 e. The quantitative estimate of drug-likeness (QED) is 0.0610. The number of carbonyl (C=O) groups excluding carboxylic acids is 6. The monoisotopic (exact) mass is 1010 g/mol. The van der Waals surface area contributed by atoms with Gasteiger partial charge in [0.2, 0.25) is 11.9 Å². The van der Waals surface area contributed by atoms with E-state index >= 15 is 0 Å². The second-order valence-corrected chi connectivity index (χ2v) is 24.2. The smallest absolute Gasteiger partial charge is 0.437 e. The number of likely N-dealkylation sites (tertiary alicyclic amines) is 2. The van der Waals surface area contributed by atoms with Gasteiger partial charge < -0.3 is 48.7 Å². The van der Waals surface area contributed by atoms with Crippen LogP contribution in [0.25, 0.3) is 0 Å². The number of alkyl carbamates (subject to hydrolysis) is 2. The lowest BCUT2D eigenvalue weighted by molar-refractivity contribution is -0.163. The van der Waals surface area contributed by atoms with Gasteiger partial charge in [-0.05, 0) is 147 Å². The largest absolute Gasteiger partial charge is 0.477 e. The van der Waals surface area contributed by atoms with E-state index in [1.54, 1.807) is 102 Å². The molecule has 0 radical (unpaired) electrons. The SMILES string of the molecule is CC(C)(C)OC(=O)N=C(NC(=O)OC(C)(C)C)C1CCC(C=O)CC1.C[C@@H](O)[C@H]1C(=O)N2C(C(=O)O)=C(S[C@@H]3CCN(CC4CCN(C(=NC(=O)OC(C)(C)C)NC(=O)OC(C)(C)C)CC4)C3)[C@H](C)[C@H]12. The van der Waals surface area contributed by atoms with Crippen LogP contribution in [0.2, 0.25) is 0 Å². The topological polar surface area (TPSA) is 255 Å². The molecule has 0 bridgehead atoms. The molecule has 3 saturated heterocycles. The Balaban J connectivity index is 0.000000361. The lowest BCUT2D eigenvalue weighted by Gasteiger charge is -2.46. The number of nitrogens with one attached hydrogen (secondary N) is 2. The number of carboxylic acids is 1. The summed E-state index contributed by atoms with van der Waals surface area (Å²) in [6.45, 7) is 28.4. The van der Waals surface area contributed by atoms with Crippen LogP contribution in [0.4, 0.5) is 19.2 Å². The molecule has 5 aliphatic rings. The zero-order valence-corrected chi connectivity index (χ0v) is 44.5. The van der Waals surface area contributed by atoms with Crippen molar-refractivity contribution in [3.05, 3.63) is 10.6 Å². The molecule has 0 aromatic heterocycles. The van der Waals surface area contributed by atoms with E-state index in [1.165, 1.54) is 4.90 Å². The Kier molecular flexibility index (Phi) is 19.5. The van der Waals surface area contributed by atoms with Gasteiger partial charge in [-0.15, -0.1) is 16.8 Å². The Morgan fingerprint density at radius 2 is 1.27 bits per heavy atom. The van der Waals surface area contributed by atoms with Gasteiger partial charge >= 0.3 is 30.3 Å². The lowest BCUT2D eigenvalue weighted by Crippen LogP contribution is -2.63. The Hall–Kier alpha value is -4.76. The summed E-state index contributed by atoms with van der Waals surface area (Å²) in [6, 6.07) is -0.303. The molecule has 4 N–H and O–H groups in total. The first-order valence-electron chi connectivity index (χ1n) is 24.4. The van der Waals surface area contributed by atoms with Crippen molar-refractivity contribution in [3.8, 4) is 0 Å². The molecule has 5 atom stereocenters. The molecule has 0 aromatic carbocycles. The number of aliphatic hydroxyl groups excluding tert-OH is 1. The van der Waals surface area contributed by atoms with Crippen LogP contribution in [0.3, 0.4) is 0 Å². The van der Waals surface area contributed by atoms with Gasteiger partial charge in [-0.1, -0.05) is 6.92 Å². The van der Waals surface area contributed by atoms with Crippen molar-refractivity contribution >= 4 is 66.1 Å². The maximum absolute atomic E-state index is 12.7. The van der Waals surface area contributed by atoms with Gasteiger partial charge in [-0.25, -0.2) is 24.0 Å². The highest BCUT2D eigenvalue weighted by Gasteiger charge is 2.60. The van der Waals surface area contributed by atoms with Crippen LogP contribution in [0.1, 0.15) is 142 Å². The van der Waals surface area contributed by atoms with Crippen LogP contribution >= 0.6 is 11.8 Å². The number of guanidine groups is 1. The summed E-state index contributed by atoms with van der Waals surface area (Å²) >= 11 is 1.57. The Bertz CT molecular complexity index is 2010. The summed E-state index contributed by atoms with van der Waals surface area (Å²) in [6.07, 6.45) is 2.58. The van der Waals surface area contributed by atoms with E-state index in [1.807, 2.05) is 11.8 Å². The number of rotatable bonds is 8. The number of aliphatic imine (C=N–C) groups is 2. The highest BCUT2D eigenvalue weighted by atomic mass is 32.2. The average molecular weight is 1010 g/mol. The van der Waals surface area contributed by atoms with Crippen LogP contribution < -0.4 is 10.6 Å². The van der Waals surface area contributed by atoms with Gasteiger partial charge in [0.05, 0.1) is 18.1 Å². The van der Waals surface area contributed by atoms with Crippen molar-refractivity contribution in [2.24, 2.45) is 39.6 Å². The number of fused-ring (bicyclic) bond motifs is 1. The summed E-state index contributed by atoms with van der Waals surface area (Å²) in [5, 5.41) is 25.5. The summed E-state index contributed by atoms with van der Waals surface area (Å²) in [7, 11) is 0. The van der Waals surface area contributed by atoms with Gasteiger partial charge in [0.1, 0.15) is 40.2 Å². The zero-order valence-electron chi connectivity index (χ0n) is 43.7. The number of carboxylic acid groups (broad SMARTS) is 1. The average Bonchev–Trinajstić information content (AvgIpc) is 3.73. The molecule has 70 heavy (non-hydrogen) atoms. The fourth-order valence-corrected chi connectivity index (χ4v) is 10.6. The lowest BCUT2D eigenvalue weighted by atomic mass is 9.79. The van der Waals surface area contributed by atoms with E-state index in [0.717, 1.165) is 50.1 Å². The van der Waals surface area contributed by atoms with Gasteiger partial charge in [-0.3, -0.25) is 15.4 Å². The normalized spacial score (nSPS) is 25.4. The number of ether oxygens (including phenoxy) is 4. The molecule has 21 heteroatoms. The van der Waals surface area contributed by atoms with Gasteiger partial charge in [0.15, 0.2) is 0 Å². The number of amides is 5. The molecule has 0 unspecified atom stereocenters. The third-order valence-corrected chi connectivity index (χ3v) is 13.6. The van der Waals surface area contributed by atoms with E-state index in [4.69, 9.17) is 18.9 Å². The Morgan fingerprint density at radius 3 is 1.76 bits per heavy atom. The highest BCUT2D eigenvalue weighted by Crippen LogP contribution is 2.52. The number of β-lactam (4-membered cyclic amide) rings is 1. The first-order valence-corrected chi connectivity index (χ1v) is 25.3. The number of thioether (sulfide) groups is 1. The number of piperidine rings is 1. The number of aldehydes is 1. The van der Waals surface area contributed by atoms with Crippen LogP contribution in [-0.4, -0.2) is 152 Å². The highest BCUT2D eigenvalue weighted by molar-refractivity contribution is 8.03. The molecule has 5 amide bonds. The number of aliphatic carboxylic acids is 1. The summed E-state index contributed by atoms with van der Waals surface area (Å²) < 4.78 is 21.2. The van der Waals surface area contributed by atoms with E-state index in [9.17, 15) is 43.8 Å². The van der Waals surface area contributed by atoms with Crippen molar-refractivity contribution < 1.29 is 62.7 Å². The van der Waals surface area contributed by atoms with Gasteiger partial charge in [-0.2, -0.15) is 4.99 Å². The van der Waals surface area contributed by atoms with Crippen molar-refractivity contribution in [3.63, 3.8) is 0 Å². The zero-order chi connectivity index (χ0) is 52.7. The number of nitrogens with zero attached hydrogens (tertiary/aromatic N) is 5. The van der Waals surface area contributed by atoms with Crippen molar-refractivity contribution in [2.45, 2.75) is 182 Å². The molecule has 5 rings (SSSR count). The molecule has 0 spiro atoms. The molecule has 1 aliphatic carbocycles. The predicted molar refractivity (Wildman–Crippen MR) is 264 cm³/mol. The Labute approximate surface area is 417 Å². The fourth-order valence-electron chi connectivity index (χ4n) is 9.10. The number of hydrogen-bond acceptors (Lipinski definition) is 14. The number of carbonyl (C=O) groups is 7. The Morgan fingerprint density at radius 1 is 0.757 bits per heavy atom. The van der Waals surface area contributed by atoms with Gasteiger partial charge in [0.25, 0.3) is 0 Å². The molecule has 0 aromatic rings. The fraction of sp³-hybridized carbons (Fsp3) is 0.776. The summed E-state index contributed by atoms with van der Waals surface area (Å²) in [5.41, 5.74) is -2.69.